The van der Waals surface area contributed by atoms with Crippen molar-refractivity contribution in [2.75, 3.05) is 26.2 Å². The van der Waals surface area contributed by atoms with Gasteiger partial charge in [0.15, 0.2) is 0 Å². The lowest BCUT2D eigenvalue weighted by molar-refractivity contribution is 0.0627. The first-order valence-electron chi connectivity index (χ1n) is 10.4. The first-order chi connectivity index (χ1) is 16.0. The van der Waals surface area contributed by atoms with Crippen LogP contribution in [0.2, 0.25) is 5.02 Å². The SMILES string of the molecule is O=C(c1ccc(F)cc1)N1CCN(Cc2cc(=O)n3nc(-c4ccccc4Cl)sc3n2)CC1. The molecule has 0 radical (unpaired) electrons. The molecule has 2 aromatic heterocycles. The summed E-state index contributed by atoms with van der Waals surface area (Å²) in [6, 6.07) is 14.4. The number of carbonyl (C=O) groups is 1. The summed E-state index contributed by atoms with van der Waals surface area (Å²) in [5.74, 6) is -0.471. The quantitative estimate of drug-likeness (QED) is 0.444. The Morgan fingerprint density at radius 2 is 1.79 bits per heavy atom. The first kappa shape index (κ1) is 21.7. The Morgan fingerprint density at radius 3 is 2.52 bits per heavy atom. The third kappa shape index (κ3) is 4.52. The van der Waals surface area contributed by atoms with Crippen LogP contribution in [0.25, 0.3) is 15.5 Å². The van der Waals surface area contributed by atoms with Crippen molar-refractivity contribution in [3.05, 3.63) is 87.0 Å². The van der Waals surface area contributed by atoms with Crippen LogP contribution in [0.5, 0.6) is 0 Å². The van der Waals surface area contributed by atoms with E-state index in [0.29, 0.717) is 59.0 Å². The minimum absolute atomic E-state index is 0.107. The summed E-state index contributed by atoms with van der Waals surface area (Å²) in [7, 11) is 0. The van der Waals surface area contributed by atoms with E-state index in [4.69, 9.17) is 11.6 Å². The Morgan fingerprint density at radius 1 is 1.06 bits per heavy atom. The molecule has 1 fully saturated rings. The van der Waals surface area contributed by atoms with Gasteiger partial charge in [0.2, 0.25) is 4.96 Å². The van der Waals surface area contributed by atoms with Crippen LogP contribution < -0.4 is 5.56 Å². The highest BCUT2D eigenvalue weighted by atomic mass is 35.5. The molecular formula is C23H19ClFN5O2S. The maximum absolute atomic E-state index is 13.1. The van der Waals surface area contributed by atoms with E-state index in [1.165, 1.54) is 46.2 Å². The summed E-state index contributed by atoms with van der Waals surface area (Å²) in [6.45, 7) is 2.91. The maximum Gasteiger partial charge on any atom is 0.275 e. The normalized spacial score (nSPS) is 14.7. The van der Waals surface area contributed by atoms with E-state index in [-0.39, 0.29) is 17.3 Å². The number of aromatic nitrogens is 3. The number of amides is 1. The predicted molar refractivity (Wildman–Crippen MR) is 125 cm³/mol. The smallest absolute Gasteiger partial charge is 0.275 e. The molecule has 0 saturated carbocycles. The third-order valence-corrected chi connectivity index (χ3v) is 6.81. The van der Waals surface area contributed by atoms with E-state index in [2.05, 4.69) is 15.0 Å². The number of carbonyl (C=O) groups excluding carboxylic acids is 1. The Labute approximate surface area is 197 Å². The number of hydrogen-bond acceptors (Lipinski definition) is 6. The highest BCUT2D eigenvalue weighted by Crippen LogP contribution is 2.30. The van der Waals surface area contributed by atoms with E-state index in [9.17, 15) is 14.0 Å². The lowest BCUT2D eigenvalue weighted by atomic mass is 10.1. The zero-order valence-corrected chi connectivity index (χ0v) is 19.0. The van der Waals surface area contributed by atoms with Gasteiger partial charge in [-0.1, -0.05) is 41.1 Å². The molecule has 1 amide bonds. The molecule has 168 valence electrons. The number of rotatable bonds is 4. The molecule has 0 spiro atoms. The number of hydrogen-bond donors (Lipinski definition) is 0. The summed E-state index contributed by atoms with van der Waals surface area (Å²) >= 11 is 7.59. The van der Waals surface area contributed by atoms with Crippen molar-refractivity contribution in [2.45, 2.75) is 6.54 Å². The van der Waals surface area contributed by atoms with E-state index >= 15 is 0 Å². The molecule has 7 nitrogen and oxygen atoms in total. The van der Waals surface area contributed by atoms with Gasteiger partial charge >= 0.3 is 0 Å². The van der Waals surface area contributed by atoms with Gasteiger partial charge in [-0.15, -0.1) is 0 Å². The van der Waals surface area contributed by atoms with Crippen molar-refractivity contribution in [1.29, 1.82) is 0 Å². The zero-order chi connectivity index (χ0) is 22.9. The molecule has 4 aromatic rings. The molecule has 33 heavy (non-hydrogen) atoms. The summed E-state index contributed by atoms with van der Waals surface area (Å²) < 4.78 is 14.4. The van der Waals surface area contributed by atoms with Crippen molar-refractivity contribution in [3.63, 3.8) is 0 Å². The number of halogens is 2. The molecule has 0 bridgehead atoms. The Kier molecular flexibility index (Phi) is 5.92. The molecule has 1 aliphatic rings. The van der Waals surface area contributed by atoms with E-state index in [1.54, 1.807) is 11.0 Å². The van der Waals surface area contributed by atoms with Crippen molar-refractivity contribution in [2.24, 2.45) is 0 Å². The van der Waals surface area contributed by atoms with Gasteiger partial charge in [-0.3, -0.25) is 14.5 Å². The van der Waals surface area contributed by atoms with Crippen LogP contribution in [0.1, 0.15) is 16.1 Å². The lowest BCUT2D eigenvalue weighted by Gasteiger charge is -2.34. The van der Waals surface area contributed by atoms with Crippen LogP contribution in [-0.4, -0.2) is 56.5 Å². The first-order valence-corrected chi connectivity index (χ1v) is 11.6. The second-order valence-corrected chi connectivity index (χ2v) is 9.11. The molecule has 0 unspecified atom stereocenters. The maximum atomic E-state index is 13.1. The molecular weight excluding hydrogens is 465 g/mol. The second-order valence-electron chi connectivity index (χ2n) is 7.74. The lowest BCUT2D eigenvalue weighted by Crippen LogP contribution is -2.48. The van der Waals surface area contributed by atoms with E-state index in [0.717, 1.165) is 5.56 Å². The van der Waals surface area contributed by atoms with Gasteiger partial charge in [0.05, 0.1) is 10.7 Å². The van der Waals surface area contributed by atoms with Crippen LogP contribution in [0.4, 0.5) is 4.39 Å². The van der Waals surface area contributed by atoms with Gasteiger partial charge in [-0.05, 0) is 30.3 Å². The van der Waals surface area contributed by atoms with E-state index < -0.39 is 0 Å². The summed E-state index contributed by atoms with van der Waals surface area (Å²) in [5, 5.41) is 5.59. The highest BCUT2D eigenvalue weighted by Gasteiger charge is 2.23. The van der Waals surface area contributed by atoms with Gasteiger partial charge in [-0.2, -0.15) is 9.61 Å². The van der Waals surface area contributed by atoms with Crippen molar-refractivity contribution >= 4 is 33.8 Å². The molecule has 1 aliphatic heterocycles. The minimum Gasteiger partial charge on any atom is -0.336 e. The van der Waals surface area contributed by atoms with Gasteiger partial charge in [0.1, 0.15) is 10.8 Å². The fourth-order valence-corrected chi connectivity index (χ4v) is 5.04. The van der Waals surface area contributed by atoms with Crippen LogP contribution in [0.3, 0.4) is 0 Å². The van der Waals surface area contributed by atoms with Gasteiger partial charge < -0.3 is 4.90 Å². The number of piperazine rings is 1. The van der Waals surface area contributed by atoms with Crippen LogP contribution >= 0.6 is 22.9 Å². The van der Waals surface area contributed by atoms with Crippen LogP contribution in [0.15, 0.2) is 59.4 Å². The molecule has 0 aliphatic carbocycles. The van der Waals surface area contributed by atoms with Crippen LogP contribution in [-0.2, 0) is 6.54 Å². The van der Waals surface area contributed by atoms with Gasteiger partial charge in [0, 0.05) is 49.9 Å². The zero-order valence-electron chi connectivity index (χ0n) is 17.4. The second kappa shape index (κ2) is 9.01. The number of benzene rings is 2. The monoisotopic (exact) mass is 483 g/mol. The fraction of sp³-hybridized carbons (Fsp3) is 0.217. The molecule has 10 heteroatoms. The largest absolute Gasteiger partial charge is 0.336 e. The standard InChI is InChI=1S/C23H19ClFN5O2S/c24-19-4-2-1-3-18(19)21-27-30-20(31)13-17(26-23(30)33-21)14-28-9-11-29(12-10-28)22(32)15-5-7-16(25)8-6-15/h1-8,13H,9-12,14H2. The molecule has 3 heterocycles. The summed E-state index contributed by atoms with van der Waals surface area (Å²) in [6.07, 6.45) is 0. The highest BCUT2D eigenvalue weighted by molar-refractivity contribution is 7.19. The molecule has 2 aromatic carbocycles. The van der Waals surface area contributed by atoms with Crippen molar-refractivity contribution in [1.82, 2.24) is 24.4 Å². The summed E-state index contributed by atoms with van der Waals surface area (Å²) in [4.78, 5) is 34.3. The Bertz CT molecular complexity index is 1380. The Balaban J connectivity index is 1.28. The van der Waals surface area contributed by atoms with Crippen molar-refractivity contribution in [3.8, 4) is 10.6 Å². The Hall–Kier alpha value is -3.14. The molecule has 5 rings (SSSR count). The molecule has 0 atom stereocenters. The predicted octanol–water partition coefficient (Wildman–Crippen LogP) is 3.57. The average Bonchev–Trinajstić information content (AvgIpc) is 3.24. The molecule has 1 saturated heterocycles. The van der Waals surface area contributed by atoms with Crippen molar-refractivity contribution < 1.29 is 9.18 Å². The third-order valence-electron chi connectivity index (χ3n) is 5.54. The summed E-state index contributed by atoms with van der Waals surface area (Å²) in [5.41, 5.74) is 1.66. The van der Waals surface area contributed by atoms with E-state index in [1.807, 2.05) is 18.2 Å². The van der Waals surface area contributed by atoms with Crippen LogP contribution in [0, 0.1) is 5.82 Å². The topological polar surface area (TPSA) is 70.8 Å². The molecule has 0 N–H and O–H groups in total. The number of fused-ring (bicyclic) bond motifs is 1. The number of nitrogens with zero attached hydrogens (tertiary/aromatic N) is 5. The minimum atomic E-state index is -0.364. The van der Waals surface area contributed by atoms with Gasteiger partial charge in [0.25, 0.3) is 11.5 Å². The average molecular weight is 484 g/mol. The van der Waals surface area contributed by atoms with Gasteiger partial charge in [-0.25, -0.2) is 9.37 Å². The fourth-order valence-electron chi connectivity index (χ4n) is 3.79.